The first kappa shape index (κ1) is 17.0. The van der Waals surface area contributed by atoms with Crippen molar-refractivity contribution in [2.24, 2.45) is 5.92 Å². The van der Waals surface area contributed by atoms with Crippen molar-refractivity contribution in [1.82, 2.24) is 10.6 Å². The quantitative estimate of drug-likeness (QED) is 0.526. The predicted octanol–water partition coefficient (Wildman–Crippen LogP) is 1.62. The molecule has 116 valence electrons. The normalized spacial score (nSPS) is 15.8. The Hall–Kier alpha value is -1.10. The number of carbonyl (C=O) groups excluding carboxylic acids is 2. The summed E-state index contributed by atoms with van der Waals surface area (Å²) in [6.07, 6.45) is 8.20. The molecule has 0 atom stereocenters. The highest BCUT2D eigenvalue weighted by Gasteiger charge is 2.15. The molecule has 0 aliphatic heterocycles. The smallest absolute Gasteiger partial charge is 0.309 e. The van der Waals surface area contributed by atoms with E-state index in [-0.39, 0.29) is 0 Å². The highest BCUT2D eigenvalue weighted by atomic mass is 16.5. The molecule has 0 spiro atoms. The summed E-state index contributed by atoms with van der Waals surface area (Å²) in [7, 11) is 0. The van der Waals surface area contributed by atoms with Crippen molar-refractivity contribution in [3.63, 3.8) is 0 Å². The molecule has 0 unspecified atom stereocenters. The predicted molar refractivity (Wildman–Crippen MR) is 78.3 cm³/mol. The molecule has 0 aromatic rings. The van der Waals surface area contributed by atoms with Crippen LogP contribution in [0.2, 0.25) is 0 Å². The molecule has 5 heteroatoms. The second-order valence-corrected chi connectivity index (χ2v) is 5.35. The molecule has 0 aromatic heterocycles. The third-order valence-corrected chi connectivity index (χ3v) is 3.72. The van der Waals surface area contributed by atoms with Gasteiger partial charge in [0, 0.05) is 26.3 Å². The molecule has 5 nitrogen and oxygen atoms in total. The van der Waals surface area contributed by atoms with Gasteiger partial charge in [0.15, 0.2) is 0 Å². The number of carbonyl (C=O) groups is 2. The molecule has 1 saturated carbocycles. The molecule has 20 heavy (non-hydrogen) atoms. The molecule has 1 rings (SSSR count). The van der Waals surface area contributed by atoms with Gasteiger partial charge in [-0.3, -0.25) is 9.59 Å². The van der Waals surface area contributed by atoms with Gasteiger partial charge in [0.2, 0.25) is 0 Å². The van der Waals surface area contributed by atoms with Gasteiger partial charge in [-0.15, -0.1) is 0 Å². The van der Waals surface area contributed by atoms with Crippen molar-refractivity contribution < 1.29 is 14.3 Å². The number of nitrogens with one attached hydrogen (secondary N) is 2. The number of hydrogen-bond acceptors (Lipinski definition) is 3. The highest BCUT2D eigenvalue weighted by Crippen LogP contribution is 2.25. The van der Waals surface area contributed by atoms with E-state index in [2.05, 4.69) is 10.6 Å². The molecule has 0 aromatic carbocycles. The monoisotopic (exact) mass is 284 g/mol. The van der Waals surface area contributed by atoms with Gasteiger partial charge in [-0.05, 0) is 25.7 Å². The van der Waals surface area contributed by atoms with E-state index in [4.69, 9.17) is 4.74 Å². The van der Waals surface area contributed by atoms with Gasteiger partial charge in [-0.2, -0.15) is 0 Å². The molecule has 1 aliphatic rings. The molecule has 2 N–H and O–H groups in total. The van der Waals surface area contributed by atoms with Crippen molar-refractivity contribution in [3.8, 4) is 0 Å². The zero-order valence-corrected chi connectivity index (χ0v) is 12.6. The lowest BCUT2D eigenvalue weighted by molar-refractivity contribution is -0.139. The van der Waals surface area contributed by atoms with Crippen LogP contribution in [0, 0.1) is 5.92 Å². The maximum absolute atomic E-state index is 11.6. The zero-order valence-electron chi connectivity index (χ0n) is 12.6. The van der Waals surface area contributed by atoms with Crippen molar-refractivity contribution in [3.05, 3.63) is 0 Å². The Morgan fingerprint density at radius 1 is 1.05 bits per heavy atom. The number of ether oxygens (including phenoxy) is 1. The summed E-state index contributed by atoms with van der Waals surface area (Å²) in [6, 6.07) is 0. The van der Waals surface area contributed by atoms with Gasteiger partial charge in [0.25, 0.3) is 0 Å². The fourth-order valence-electron chi connectivity index (χ4n) is 2.55. The largest absolute Gasteiger partial charge is 0.382 e. The number of hydrogen-bond donors (Lipinski definition) is 2. The van der Waals surface area contributed by atoms with Gasteiger partial charge in [0.05, 0.1) is 0 Å². The molecule has 0 heterocycles. The fraction of sp³-hybridized carbons (Fsp3) is 0.867. The van der Waals surface area contributed by atoms with Crippen LogP contribution in [0.15, 0.2) is 0 Å². The van der Waals surface area contributed by atoms with E-state index in [1.54, 1.807) is 0 Å². The topological polar surface area (TPSA) is 67.4 Å². The van der Waals surface area contributed by atoms with E-state index < -0.39 is 11.8 Å². The maximum atomic E-state index is 11.6. The van der Waals surface area contributed by atoms with Crippen molar-refractivity contribution in [1.29, 1.82) is 0 Å². The van der Waals surface area contributed by atoms with Crippen LogP contribution in [0.3, 0.4) is 0 Å². The Balaban J connectivity index is 2.01. The average molecular weight is 284 g/mol. The number of amides is 2. The van der Waals surface area contributed by atoms with Gasteiger partial charge in [0.1, 0.15) is 0 Å². The summed E-state index contributed by atoms with van der Waals surface area (Å²) in [6.45, 7) is 4.30. The standard InChI is InChI=1S/C15H28N2O3/c1-2-20-12-6-10-16-14(18)15(19)17-11-9-13-7-4-3-5-8-13/h13H,2-12H2,1H3,(H,16,18)(H,17,19). The Bertz CT molecular complexity index is 289. The van der Waals surface area contributed by atoms with Crippen LogP contribution in [-0.2, 0) is 14.3 Å². The minimum absolute atomic E-state index is 0.481. The van der Waals surface area contributed by atoms with Crippen molar-refractivity contribution in [2.45, 2.75) is 51.9 Å². The van der Waals surface area contributed by atoms with E-state index >= 15 is 0 Å². The van der Waals surface area contributed by atoms with Crippen LogP contribution in [0.1, 0.15) is 51.9 Å². The summed E-state index contributed by atoms with van der Waals surface area (Å²) in [4.78, 5) is 23.0. The Morgan fingerprint density at radius 2 is 1.70 bits per heavy atom. The summed E-state index contributed by atoms with van der Waals surface area (Å²) < 4.78 is 5.16. The Labute approximate surface area is 121 Å². The van der Waals surface area contributed by atoms with Crippen LogP contribution >= 0.6 is 0 Å². The first-order valence-corrected chi connectivity index (χ1v) is 7.87. The van der Waals surface area contributed by atoms with Crippen molar-refractivity contribution in [2.75, 3.05) is 26.3 Å². The van der Waals surface area contributed by atoms with Crippen LogP contribution in [0.4, 0.5) is 0 Å². The summed E-state index contributed by atoms with van der Waals surface area (Å²) >= 11 is 0. The van der Waals surface area contributed by atoms with Crippen LogP contribution < -0.4 is 10.6 Å². The molecule has 2 amide bonds. The third-order valence-electron chi connectivity index (χ3n) is 3.72. The zero-order chi connectivity index (χ0) is 14.6. The third kappa shape index (κ3) is 7.48. The van der Waals surface area contributed by atoms with Crippen molar-refractivity contribution >= 4 is 11.8 Å². The van der Waals surface area contributed by atoms with E-state index in [9.17, 15) is 9.59 Å². The first-order valence-electron chi connectivity index (χ1n) is 7.87. The second kappa shape index (κ2) is 10.7. The number of rotatable bonds is 8. The molecule has 0 bridgehead atoms. The molecular weight excluding hydrogens is 256 g/mol. The molecule has 1 fully saturated rings. The lowest BCUT2D eigenvalue weighted by Crippen LogP contribution is -2.41. The Kier molecular flexibility index (Phi) is 9.04. The Morgan fingerprint density at radius 3 is 2.35 bits per heavy atom. The lowest BCUT2D eigenvalue weighted by Gasteiger charge is -2.21. The lowest BCUT2D eigenvalue weighted by atomic mass is 9.87. The van der Waals surface area contributed by atoms with E-state index in [1.807, 2.05) is 6.92 Å². The van der Waals surface area contributed by atoms with Gasteiger partial charge in [-0.25, -0.2) is 0 Å². The summed E-state index contributed by atoms with van der Waals surface area (Å²) in [5.74, 6) is -0.333. The first-order chi connectivity index (χ1) is 9.74. The maximum Gasteiger partial charge on any atom is 0.309 e. The summed E-state index contributed by atoms with van der Waals surface area (Å²) in [5.41, 5.74) is 0. The second-order valence-electron chi connectivity index (χ2n) is 5.35. The molecule has 1 aliphatic carbocycles. The van der Waals surface area contributed by atoms with Crippen LogP contribution in [0.5, 0.6) is 0 Å². The van der Waals surface area contributed by atoms with Gasteiger partial charge < -0.3 is 15.4 Å². The minimum atomic E-state index is -0.537. The average Bonchev–Trinajstić information content (AvgIpc) is 2.47. The van der Waals surface area contributed by atoms with Gasteiger partial charge in [-0.1, -0.05) is 32.1 Å². The molecule has 0 saturated heterocycles. The van der Waals surface area contributed by atoms with Crippen LogP contribution in [0.25, 0.3) is 0 Å². The molecular formula is C15H28N2O3. The van der Waals surface area contributed by atoms with E-state index in [0.717, 1.165) is 18.8 Å². The van der Waals surface area contributed by atoms with Gasteiger partial charge >= 0.3 is 11.8 Å². The summed E-state index contributed by atoms with van der Waals surface area (Å²) in [5, 5.41) is 5.30. The van der Waals surface area contributed by atoms with Crippen LogP contribution in [-0.4, -0.2) is 38.1 Å². The van der Waals surface area contributed by atoms with E-state index in [0.29, 0.717) is 26.3 Å². The highest BCUT2D eigenvalue weighted by molar-refractivity contribution is 6.35. The van der Waals surface area contributed by atoms with E-state index in [1.165, 1.54) is 32.1 Å². The SMILES string of the molecule is CCOCCCNC(=O)C(=O)NCCC1CCCCC1. The molecule has 0 radical (unpaired) electrons. The minimum Gasteiger partial charge on any atom is -0.382 e. The fourth-order valence-corrected chi connectivity index (χ4v) is 2.55.